The third kappa shape index (κ3) is 2.91. The minimum absolute atomic E-state index is 0.147. The SMILES string of the molecule is Cc1ccc(S(=O)(=O)n2nc(C3CCNCC3)c3ccc(F)cc32)cc1. The standard InChI is InChI=1S/C19H20FN3O2S/c1-13-2-5-16(6-3-13)26(24,25)23-18-12-15(20)4-7-17(18)19(22-23)14-8-10-21-11-9-14/h2-7,12,14,21H,8-11H2,1H3. The van der Waals surface area contributed by atoms with Crippen LogP contribution in [0.5, 0.6) is 0 Å². The molecule has 1 aliphatic heterocycles. The van der Waals surface area contributed by atoms with E-state index in [2.05, 4.69) is 10.4 Å². The van der Waals surface area contributed by atoms with Crippen LogP contribution < -0.4 is 5.32 Å². The molecule has 3 aromatic rings. The zero-order valence-corrected chi connectivity index (χ0v) is 15.3. The second-order valence-electron chi connectivity index (χ2n) is 6.73. The van der Waals surface area contributed by atoms with Crippen LogP contribution in [0.1, 0.15) is 30.0 Å². The van der Waals surface area contributed by atoms with Crippen molar-refractivity contribution in [2.24, 2.45) is 0 Å². The molecule has 2 heterocycles. The van der Waals surface area contributed by atoms with Crippen LogP contribution in [0.4, 0.5) is 4.39 Å². The topological polar surface area (TPSA) is 64.0 Å². The highest BCUT2D eigenvalue weighted by atomic mass is 32.2. The molecule has 0 aliphatic carbocycles. The summed E-state index contributed by atoms with van der Waals surface area (Å²) in [5, 5.41) is 8.46. The summed E-state index contributed by atoms with van der Waals surface area (Å²) in [5.41, 5.74) is 1.99. The summed E-state index contributed by atoms with van der Waals surface area (Å²) in [6, 6.07) is 10.8. The zero-order valence-electron chi connectivity index (χ0n) is 14.4. The molecular weight excluding hydrogens is 353 g/mol. The van der Waals surface area contributed by atoms with Crippen LogP contribution in [0.25, 0.3) is 10.9 Å². The Balaban J connectivity index is 1.91. The Morgan fingerprint density at radius 1 is 1.12 bits per heavy atom. The quantitative estimate of drug-likeness (QED) is 0.766. The van der Waals surface area contributed by atoms with Gasteiger partial charge in [-0.2, -0.15) is 17.6 Å². The van der Waals surface area contributed by atoms with Crippen molar-refractivity contribution < 1.29 is 12.8 Å². The van der Waals surface area contributed by atoms with E-state index in [0.717, 1.165) is 41.3 Å². The lowest BCUT2D eigenvalue weighted by atomic mass is 9.93. The van der Waals surface area contributed by atoms with E-state index in [9.17, 15) is 12.8 Å². The summed E-state index contributed by atoms with van der Waals surface area (Å²) in [5.74, 6) is -0.312. The first kappa shape index (κ1) is 17.2. The monoisotopic (exact) mass is 373 g/mol. The van der Waals surface area contributed by atoms with Crippen molar-refractivity contribution >= 4 is 20.9 Å². The number of aromatic nitrogens is 2. The number of piperidine rings is 1. The molecule has 1 fully saturated rings. The van der Waals surface area contributed by atoms with Gasteiger partial charge in [0.15, 0.2) is 0 Å². The molecule has 7 heteroatoms. The van der Waals surface area contributed by atoms with Crippen molar-refractivity contribution in [3.63, 3.8) is 0 Å². The van der Waals surface area contributed by atoms with Gasteiger partial charge in [-0.15, -0.1) is 0 Å². The van der Waals surface area contributed by atoms with E-state index in [-0.39, 0.29) is 10.8 Å². The first-order valence-corrected chi connectivity index (χ1v) is 10.1. The Kier molecular flexibility index (Phi) is 4.28. The molecule has 0 radical (unpaired) electrons. The first-order valence-electron chi connectivity index (χ1n) is 8.68. The molecule has 26 heavy (non-hydrogen) atoms. The Hall–Kier alpha value is -2.25. The van der Waals surface area contributed by atoms with Crippen molar-refractivity contribution in [2.45, 2.75) is 30.6 Å². The predicted octanol–water partition coefficient (Wildman–Crippen LogP) is 3.19. The van der Waals surface area contributed by atoms with Gasteiger partial charge in [-0.05, 0) is 57.1 Å². The van der Waals surface area contributed by atoms with E-state index >= 15 is 0 Å². The minimum atomic E-state index is -3.89. The average Bonchev–Trinajstić information content (AvgIpc) is 3.02. The molecule has 5 nitrogen and oxygen atoms in total. The fourth-order valence-electron chi connectivity index (χ4n) is 3.48. The summed E-state index contributed by atoms with van der Waals surface area (Å²) in [7, 11) is -3.89. The van der Waals surface area contributed by atoms with Crippen molar-refractivity contribution in [3.8, 4) is 0 Å². The molecule has 0 saturated carbocycles. The van der Waals surface area contributed by atoms with Crippen LogP contribution in [0, 0.1) is 12.7 Å². The molecule has 1 N–H and O–H groups in total. The Morgan fingerprint density at radius 2 is 1.81 bits per heavy atom. The molecule has 1 aromatic heterocycles. The molecule has 0 unspecified atom stereocenters. The van der Waals surface area contributed by atoms with Crippen molar-refractivity contribution in [1.29, 1.82) is 0 Å². The maximum absolute atomic E-state index is 13.9. The highest BCUT2D eigenvalue weighted by Gasteiger charge is 2.27. The maximum Gasteiger partial charge on any atom is 0.283 e. The maximum atomic E-state index is 13.9. The molecule has 0 spiro atoms. The lowest BCUT2D eigenvalue weighted by molar-refractivity contribution is 0.453. The van der Waals surface area contributed by atoms with Crippen molar-refractivity contribution in [3.05, 3.63) is 59.5 Å². The lowest BCUT2D eigenvalue weighted by Gasteiger charge is -2.21. The second-order valence-corrected chi connectivity index (χ2v) is 8.50. The van der Waals surface area contributed by atoms with Gasteiger partial charge in [0.1, 0.15) is 5.82 Å². The van der Waals surface area contributed by atoms with E-state index in [0.29, 0.717) is 10.9 Å². The summed E-state index contributed by atoms with van der Waals surface area (Å²) >= 11 is 0. The Labute approximate surface area is 151 Å². The lowest BCUT2D eigenvalue weighted by Crippen LogP contribution is -2.27. The second kappa shape index (κ2) is 6.48. The van der Waals surface area contributed by atoms with Crippen LogP contribution in [0.15, 0.2) is 47.4 Å². The highest BCUT2D eigenvalue weighted by molar-refractivity contribution is 7.90. The number of hydrogen-bond donors (Lipinski definition) is 1. The number of hydrogen-bond acceptors (Lipinski definition) is 4. The number of aryl methyl sites for hydroxylation is 1. The third-order valence-corrected chi connectivity index (χ3v) is 6.51. The molecule has 1 aliphatic rings. The van der Waals surface area contributed by atoms with Gasteiger partial charge in [-0.1, -0.05) is 17.7 Å². The van der Waals surface area contributed by atoms with E-state index in [1.807, 2.05) is 6.92 Å². The Bertz CT molecular complexity index is 1050. The molecule has 1 saturated heterocycles. The van der Waals surface area contributed by atoms with Crippen LogP contribution in [0.3, 0.4) is 0 Å². The van der Waals surface area contributed by atoms with Gasteiger partial charge < -0.3 is 5.32 Å². The van der Waals surface area contributed by atoms with Gasteiger partial charge >= 0.3 is 0 Å². The fourth-order valence-corrected chi connectivity index (χ4v) is 4.76. The van der Waals surface area contributed by atoms with Crippen LogP contribution in [-0.4, -0.2) is 30.7 Å². The molecule has 0 atom stereocenters. The Morgan fingerprint density at radius 3 is 2.50 bits per heavy atom. The van der Waals surface area contributed by atoms with E-state index in [1.54, 1.807) is 30.3 Å². The number of halogens is 1. The first-order chi connectivity index (χ1) is 12.5. The summed E-state index contributed by atoms with van der Waals surface area (Å²) in [6.45, 7) is 3.63. The molecule has 0 amide bonds. The van der Waals surface area contributed by atoms with Gasteiger partial charge in [0.05, 0.1) is 16.1 Å². The molecule has 0 bridgehead atoms. The van der Waals surface area contributed by atoms with Crippen molar-refractivity contribution in [1.82, 2.24) is 14.5 Å². The normalized spacial score (nSPS) is 16.2. The number of benzene rings is 2. The molecule has 2 aromatic carbocycles. The summed E-state index contributed by atoms with van der Waals surface area (Å²) < 4.78 is 41.1. The van der Waals surface area contributed by atoms with E-state index < -0.39 is 15.8 Å². The van der Waals surface area contributed by atoms with Gasteiger partial charge in [0.2, 0.25) is 0 Å². The summed E-state index contributed by atoms with van der Waals surface area (Å²) in [6.07, 6.45) is 1.77. The van der Waals surface area contributed by atoms with Crippen LogP contribution in [0.2, 0.25) is 0 Å². The highest BCUT2D eigenvalue weighted by Crippen LogP contribution is 2.32. The average molecular weight is 373 g/mol. The molecule has 4 rings (SSSR count). The van der Waals surface area contributed by atoms with Crippen LogP contribution >= 0.6 is 0 Å². The van der Waals surface area contributed by atoms with Gasteiger partial charge in [0.25, 0.3) is 10.0 Å². The number of nitrogens with one attached hydrogen (secondary N) is 1. The number of nitrogens with zero attached hydrogens (tertiary/aromatic N) is 2. The fraction of sp³-hybridized carbons (Fsp3) is 0.316. The van der Waals surface area contributed by atoms with E-state index in [4.69, 9.17) is 0 Å². The minimum Gasteiger partial charge on any atom is -0.317 e. The number of rotatable bonds is 3. The smallest absolute Gasteiger partial charge is 0.283 e. The largest absolute Gasteiger partial charge is 0.317 e. The third-order valence-electron chi connectivity index (χ3n) is 4.91. The predicted molar refractivity (Wildman–Crippen MR) is 98.3 cm³/mol. The van der Waals surface area contributed by atoms with Gasteiger partial charge in [-0.3, -0.25) is 0 Å². The number of fused-ring (bicyclic) bond motifs is 1. The van der Waals surface area contributed by atoms with Crippen molar-refractivity contribution in [2.75, 3.05) is 13.1 Å². The van der Waals surface area contributed by atoms with Gasteiger partial charge in [0, 0.05) is 17.4 Å². The van der Waals surface area contributed by atoms with E-state index in [1.165, 1.54) is 12.1 Å². The van der Waals surface area contributed by atoms with Gasteiger partial charge in [-0.25, -0.2) is 4.39 Å². The van der Waals surface area contributed by atoms with Crippen LogP contribution in [-0.2, 0) is 10.0 Å². The molecular formula is C19H20FN3O2S. The summed E-state index contributed by atoms with van der Waals surface area (Å²) in [4.78, 5) is 0.147. The zero-order chi connectivity index (χ0) is 18.3. The molecule has 136 valence electrons.